The van der Waals surface area contributed by atoms with Gasteiger partial charge in [-0.05, 0) is 19.3 Å². The zero-order valence-corrected chi connectivity index (χ0v) is 11.8. The van der Waals surface area contributed by atoms with Crippen LogP contribution in [0.2, 0.25) is 0 Å². The molecule has 2 unspecified atom stereocenters. The van der Waals surface area contributed by atoms with Crippen LogP contribution in [0.1, 0.15) is 39.0 Å². The van der Waals surface area contributed by atoms with Gasteiger partial charge in [-0.25, -0.2) is 4.79 Å². The number of likely N-dealkylation sites (tertiary alicyclic amines) is 1. The molecule has 1 heterocycles. The fourth-order valence-corrected chi connectivity index (χ4v) is 2.44. The number of nitrogens with zero attached hydrogens (tertiary/aromatic N) is 1. The van der Waals surface area contributed by atoms with Crippen LogP contribution in [-0.4, -0.2) is 47.0 Å². The molecule has 1 aliphatic rings. The lowest BCUT2D eigenvalue weighted by Gasteiger charge is -2.32. The van der Waals surface area contributed by atoms with Crippen molar-refractivity contribution in [2.75, 3.05) is 13.1 Å². The summed E-state index contributed by atoms with van der Waals surface area (Å²) in [5.74, 6) is -1.63. The molecule has 0 aliphatic carbocycles. The maximum Gasteiger partial charge on any atom is 0.317 e. The van der Waals surface area contributed by atoms with Crippen molar-refractivity contribution in [3.05, 3.63) is 0 Å². The van der Waals surface area contributed by atoms with E-state index in [4.69, 9.17) is 10.8 Å². The van der Waals surface area contributed by atoms with E-state index in [1.807, 2.05) is 6.92 Å². The van der Waals surface area contributed by atoms with Crippen LogP contribution in [0.4, 0.5) is 4.79 Å². The molecule has 0 aromatic heterocycles. The minimum atomic E-state index is -0.933. The van der Waals surface area contributed by atoms with Gasteiger partial charge in [-0.3, -0.25) is 9.59 Å². The number of primary amides is 1. The van der Waals surface area contributed by atoms with Crippen molar-refractivity contribution in [2.24, 2.45) is 11.7 Å². The summed E-state index contributed by atoms with van der Waals surface area (Å²) in [4.78, 5) is 35.6. The molecule has 3 amide bonds. The molecule has 0 bridgehead atoms. The zero-order valence-electron chi connectivity index (χ0n) is 11.8. The third-order valence-electron chi connectivity index (χ3n) is 3.50. The lowest BCUT2D eigenvalue weighted by molar-refractivity contribution is -0.137. The van der Waals surface area contributed by atoms with Crippen LogP contribution in [0.3, 0.4) is 0 Å². The maximum atomic E-state index is 12.1. The Labute approximate surface area is 118 Å². The number of piperidine rings is 1. The van der Waals surface area contributed by atoms with Crippen LogP contribution >= 0.6 is 0 Å². The summed E-state index contributed by atoms with van der Waals surface area (Å²) in [5.41, 5.74) is 5.27. The summed E-state index contributed by atoms with van der Waals surface area (Å²) in [6, 6.07) is -0.686. The molecule has 1 fully saturated rings. The number of carbonyl (C=O) groups excluding carboxylic acids is 2. The van der Waals surface area contributed by atoms with Crippen molar-refractivity contribution in [3.8, 4) is 0 Å². The van der Waals surface area contributed by atoms with Gasteiger partial charge in [0.1, 0.15) is 0 Å². The number of nitrogens with one attached hydrogen (secondary N) is 1. The molecule has 1 saturated heterocycles. The molecule has 114 valence electrons. The summed E-state index contributed by atoms with van der Waals surface area (Å²) in [6.45, 7) is 2.82. The molecule has 20 heavy (non-hydrogen) atoms. The highest BCUT2D eigenvalue weighted by Crippen LogP contribution is 2.16. The van der Waals surface area contributed by atoms with E-state index in [0.29, 0.717) is 25.9 Å². The second kappa shape index (κ2) is 7.72. The van der Waals surface area contributed by atoms with Crippen LogP contribution in [0.5, 0.6) is 0 Å². The van der Waals surface area contributed by atoms with Gasteiger partial charge in [0.2, 0.25) is 5.91 Å². The van der Waals surface area contributed by atoms with Gasteiger partial charge in [0.15, 0.2) is 0 Å². The molecule has 1 rings (SSSR count). The zero-order chi connectivity index (χ0) is 15.1. The molecule has 7 nitrogen and oxygen atoms in total. The molecule has 2 atom stereocenters. The topological polar surface area (TPSA) is 113 Å². The van der Waals surface area contributed by atoms with Crippen LogP contribution in [-0.2, 0) is 9.59 Å². The number of carboxylic acids is 1. The number of aliphatic carboxylic acids is 1. The smallest absolute Gasteiger partial charge is 0.317 e. The molecule has 0 spiro atoms. The number of hydrogen-bond acceptors (Lipinski definition) is 3. The maximum absolute atomic E-state index is 12.1. The Morgan fingerprint density at radius 2 is 2.15 bits per heavy atom. The number of carbonyl (C=O) groups is 3. The van der Waals surface area contributed by atoms with E-state index in [0.717, 1.165) is 12.8 Å². The van der Waals surface area contributed by atoms with Crippen LogP contribution < -0.4 is 11.1 Å². The number of urea groups is 1. The molecule has 0 saturated carbocycles. The highest BCUT2D eigenvalue weighted by molar-refractivity contribution is 5.80. The number of amides is 3. The van der Waals surface area contributed by atoms with Crippen LogP contribution in [0.25, 0.3) is 0 Å². The van der Waals surface area contributed by atoms with E-state index < -0.39 is 11.9 Å². The van der Waals surface area contributed by atoms with E-state index in [9.17, 15) is 14.4 Å². The SMILES string of the molecule is CCCC(CC(=O)O)NC(=O)N1CCCC(C(N)=O)C1. The largest absolute Gasteiger partial charge is 0.481 e. The first-order chi connectivity index (χ1) is 9.43. The van der Waals surface area contributed by atoms with Crippen molar-refractivity contribution in [2.45, 2.75) is 45.1 Å². The minimum absolute atomic E-state index is 0.0906. The molecule has 1 aliphatic heterocycles. The second-order valence-corrected chi connectivity index (χ2v) is 5.22. The van der Waals surface area contributed by atoms with Gasteiger partial charge in [0, 0.05) is 19.1 Å². The van der Waals surface area contributed by atoms with Crippen molar-refractivity contribution in [3.63, 3.8) is 0 Å². The summed E-state index contributed by atoms with van der Waals surface area (Å²) >= 11 is 0. The van der Waals surface area contributed by atoms with Gasteiger partial charge < -0.3 is 21.1 Å². The Hall–Kier alpha value is -1.79. The number of hydrogen-bond donors (Lipinski definition) is 3. The van der Waals surface area contributed by atoms with E-state index in [1.165, 1.54) is 0 Å². The lowest BCUT2D eigenvalue weighted by atomic mass is 9.98. The first-order valence-corrected chi connectivity index (χ1v) is 7.00. The average molecular weight is 285 g/mol. The van der Waals surface area contributed by atoms with Gasteiger partial charge in [-0.1, -0.05) is 13.3 Å². The standard InChI is InChI=1S/C13H23N3O4/c1-2-4-10(7-11(17)18)15-13(20)16-6-3-5-9(8-16)12(14)19/h9-10H,2-8H2,1H3,(H2,14,19)(H,15,20)(H,17,18). The fourth-order valence-electron chi connectivity index (χ4n) is 2.44. The van der Waals surface area contributed by atoms with Gasteiger partial charge in [0.25, 0.3) is 0 Å². The molecule has 7 heteroatoms. The first-order valence-electron chi connectivity index (χ1n) is 7.00. The summed E-state index contributed by atoms with van der Waals surface area (Å²) in [5, 5.41) is 11.6. The number of nitrogens with two attached hydrogens (primary N) is 1. The van der Waals surface area contributed by atoms with Gasteiger partial charge >= 0.3 is 12.0 Å². The summed E-state index contributed by atoms with van der Waals surface area (Å²) in [7, 11) is 0. The Kier molecular flexibility index (Phi) is 6.27. The summed E-state index contributed by atoms with van der Waals surface area (Å²) < 4.78 is 0. The quantitative estimate of drug-likeness (QED) is 0.661. The second-order valence-electron chi connectivity index (χ2n) is 5.22. The van der Waals surface area contributed by atoms with E-state index in [1.54, 1.807) is 4.90 Å². The van der Waals surface area contributed by atoms with E-state index >= 15 is 0 Å². The normalized spacial score (nSPS) is 20.2. The van der Waals surface area contributed by atoms with E-state index in [2.05, 4.69) is 5.32 Å². The predicted molar refractivity (Wildman–Crippen MR) is 73.0 cm³/mol. The Morgan fingerprint density at radius 3 is 2.70 bits per heavy atom. The van der Waals surface area contributed by atoms with Crippen LogP contribution in [0, 0.1) is 5.92 Å². The van der Waals surface area contributed by atoms with Crippen molar-refractivity contribution in [1.82, 2.24) is 10.2 Å². The third-order valence-corrected chi connectivity index (χ3v) is 3.50. The monoisotopic (exact) mass is 285 g/mol. The minimum Gasteiger partial charge on any atom is -0.481 e. The van der Waals surface area contributed by atoms with Gasteiger partial charge in [-0.2, -0.15) is 0 Å². The summed E-state index contributed by atoms with van der Waals surface area (Å²) in [6.07, 6.45) is 2.75. The number of rotatable bonds is 6. The van der Waals surface area contributed by atoms with Crippen molar-refractivity contribution < 1.29 is 19.5 Å². The van der Waals surface area contributed by atoms with Crippen LogP contribution in [0.15, 0.2) is 0 Å². The Bertz CT molecular complexity index is 373. The molecular formula is C13H23N3O4. The highest BCUT2D eigenvalue weighted by atomic mass is 16.4. The van der Waals surface area contributed by atoms with Gasteiger partial charge in [0.05, 0.1) is 12.3 Å². The van der Waals surface area contributed by atoms with Crippen molar-refractivity contribution >= 4 is 17.9 Å². The molecular weight excluding hydrogens is 262 g/mol. The molecule has 0 aromatic carbocycles. The average Bonchev–Trinajstić information content (AvgIpc) is 2.38. The fraction of sp³-hybridized carbons (Fsp3) is 0.769. The number of carboxylic acid groups (broad SMARTS) is 1. The highest BCUT2D eigenvalue weighted by Gasteiger charge is 2.28. The molecule has 0 radical (unpaired) electrons. The first kappa shape index (κ1) is 16.3. The third kappa shape index (κ3) is 5.07. The lowest BCUT2D eigenvalue weighted by Crippen LogP contribution is -2.50. The molecule has 0 aromatic rings. The van der Waals surface area contributed by atoms with E-state index in [-0.39, 0.29) is 24.4 Å². The van der Waals surface area contributed by atoms with Crippen molar-refractivity contribution in [1.29, 1.82) is 0 Å². The Morgan fingerprint density at radius 1 is 1.45 bits per heavy atom. The Balaban J connectivity index is 2.54. The predicted octanol–water partition coefficient (Wildman–Crippen LogP) is 0.537. The van der Waals surface area contributed by atoms with Gasteiger partial charge in [-0.15, -0.1) is 0 Å². The molecule has 4 N–H and O–H groups in total.